The van der Waals surface area contributed by atoms with Crippen molar-refractivity contribution in [3.63, 3.8) is 0 Å². The second kappa shape index (κ2) is 18.7. The van der Waals surface area contributed by atoms with Crippen LogP contribution in [0.15, 0.2) is 30.5 Å². The number of rotatable bonds is 17. The Morgan fingerprint density at radius 1 is 0.939 bits per heavy atom. The highest BCUT2D eigenvalue weighted by Gasteiger charge is 2.36. The molecule has 0 radical (unpaired) electrons. The van der Waals surface area contributed by atoms with Crippen LogP contribution in [-0.4, -0.2) is 71.0 Å². The molecule has 4 rings (SSSR count). The van der Waals surface area contributed by atoms with Crippen LogP contribution in [0.2, 0.25) is 0 Å². The van der Waals surface area contributed by atoms with E-state index in [0.717, 1.165) is 68.2 Å². The fraction of sp³-hybridized carbons (Fsp3) is 0.632. The molecule has 2 aliphatic heterocycles. The van der Waals surface area contributed by atoms with Gasteiger partial charge in [0.25, 0.3) is 0 Å². The number of nitrogens with zero attached hydrogens (tertiary/aromatic N) is 3. The first-order valence-corrected chi connectivity index (χ1v) is 18.5. The number of unbranched alkanes of at least 4 members (excludes halogenated alkanes) is 2. The molecule has 4 amide bonds. The Morgan fingerprint density at radius 2 is 1.67 bits per heavy atom. The molecule has 0 spiro atoms. The van der Waals surface area contributed by atoms with E-state index in [2.05, 4.69) is 20.5 Å². The van der Waals surface area contributed by atoms with E-state index < -0.39 is 29.9 Å². The van der Waals surface area contributed by atoms with Crippen LogP contribution in [0.3, 0.4) is 0 Å². The van der Waals surface area contributed by atoms with E-state index in [1.165, 1.54) is 0 Å². The Kier molecular flexibility index (Phi) is 14.4. The van der Waals surface area contributed by atoms with E-state index in [9.17, 15) is 24.0 Å². The van der Waals surface area contributed by atoms with Gasteiger partial charge >= 0.3 is 0 Å². The lowest BCUT2D eigenvalue weighted by Gasteiger charge is -2.36. The first-order valence-electron chi connectivity index (χ1n) is 18.5. The van der Waals surface area contributed by atoms with Crippen LogP contribution in [0, 0.1) is 5.92 Å². The number of benzene rings is 1. The summed E-state index contributed by atoms with van der Waals surface area (Å²) >= 11 is 0. The molecule has 0 saturated carbocycles. The number of para-hydroxylation sites is 1. The molecule has 11 heteroatoms. The summed E-state index contributed by atoms with van der Waals surface area (Å²) in [4.78, 5) is 74.7. The average Bonchev–Trinajstić information content (AvgIpc) is 3.12. The van der Waals surface area contributed by atoms with Gasteiger partial charge in [0, 0.05) is 56.0 Å². The quantitative estimate of drug-likeness (QED) is 0.197. The van der Waals surface area contributed by atoms with Crippen LogP contribution in [-0.2, 0) is 24.0 Å². The Labute approximate surface area is 291 Å². The molecule has 1 aromatic heterocycles. The summed E-state index contributed by atoms with van der Waals surface area (Å²) in [5.74, 6) is -1.25. The van der Waals surface area contributed by atoms with Gasteiger partial charge in [0.15, 0.2) is 0 Å². The molecule has 49 heavy (non-hydrogen) atoms. The summed E-state index contributed by atoms with van der Waals surface area (Å²) in [6, 6.07) is 4.94. The monoisotopic (exact) mass is 676 g/mol. The number of nitrogens with one attached hydrogen (secondary N) is 2. The van der Waals surface area contributed by atoms with Crippen LogP contribution in [0.25, 0.3) is 10.9 Å². The Hall–Kier alpha value is -4.02. The fourth-order valence-corrected chi connectivity index (χ4v) is 6.99. The van der Waals surface area contributed by atoms with Gasteiger partial charge in [-0.15, -0.1) is 0 Å². The van der Waals surface area contributed by atoms with Crippen LogP contribution >= 0.6 is 0 Å². The number of carbonyl (C=O) groups is 5. The van der Waals surface area contributed by atoms with Crippen molar-refractivity contribution < 1.29 is 24.0 Å². The summed E-state index contributed by atoms with van der Waals surface area (Å²) in [5, 5.41) is 6.74. The molecule has 268 valence electrons. The van der Waals surface area contributed by atoms with E-state index in [1.54, 1.807) is 11.1 Å². The minimum atomic E-state index is -1.17. The fourth-order valence-electron chi connectivity index (χ4n) is 6.99. The molecule has 3 heterocycles. The number of anilines is 1. The zero-order valence-electron chi connectivity index (χ0n) is 29.7. The van der Waals surface area contributed by atoms with E-state index in [4.69, 9.17) is 5.73 Å². The molecule has 0 bridgehead atoms. The second-order valence-corrected chi connectivity index (χ2v) is 13.8. The molecule has 0 aliphatic carbocycles. The number of ketones is 1. The highest BCUT2D eigenvalue weighted by molar-refractivity contribution is 5.98. The van der Waals surface area contributed by atoms with Crippen molar-refractivity contribution in [1.82, 2.24) is 20.5 Å². The van der Waals surface area contributed by atoms with Crippen LogP contribution < -0.4 is 21.3 Å². The number of likely N-dealkylation sites (tertiary alicyclic amines) is 1. The summed E-state index contributed by atoms with van der Waals surface area (Å²) in [6.45, 7) is 8.05. The number of amides is 4. The number of pyridine rings is 1. The van der Waals surface area contributed by atoms with Crippen LogP contribution in [0.5, 0.6) is 0 Å². The number of nitrogens with two attached hydrogens (primary N) is 1. The van der Waals surface area contributed by atoms with Gasteiger partial charge in [0.1, 0.15) is 23.9 Å². The van der Waals surface area contributed by atoms with Gasteiger partial charge in [-0.3, -0.25) is 29.0 Å². The average molecular weight is 677 g/mol. The largest absolute Gasteiger partial charge is 0.371 e. The predicted molar refractivity (Wildman–Crippen MR) is 192 cm³/mol. The van der Waals surface area contributed by atoms with Crippen LogP contribution in [0.1, 0.15) is 122 Å². The van der Waals surface area contributed by atoms with Crippen LogP contribution in [0.4, 0.5) is 5.69 Å². The number of hydrogen-bond acceptors (Lipinski definition) is 7. The molecule has 1 aromatic carbocycles. The van der Waals surface area contributed by atoms with E-state index >= 15 is 0 Å². The summed E-state index contributed by atoms with van der Waals surface area (Å²) in [7, 11) is 0. The number of primary amides is 1. The maximum Gasteiger partial charge on any atom is 0.244 e. The first kappa shape index (κ1) is 37.8. The maximum absolute atomic E-state index is 14.1. The third-order valence-corrected chi connectivity index (χ3v) is 10.2. The molecular formula is C38H56N6O5. The van der Waals surface area contributed by atoms with Gasteiger partial charge in [0.2, 0.25) is 23.6 Å². The molecule has 2 saturated heterocycles. The smallest absolute Gasteiger partial charge is 0.244 e. The second-order valence-electron chi connectivity index (χ2n) is 13.8. The normalized spacial score (nSPS) is 18.4. The van der Waals surface area contributed by atoms with Gasteiger partial charge in [-0.2, -0.15) is 0 Å². The Bertz CT molecular complexity index is 1460. The third kappa shape index (κ3) is 10.2. The SMILES string of the molecule is CCC(=O)CCCCC[C@H](NC(=O)[C@H]1CCCCN1C(=O)C[C@H](C)CC)C(=O)N[C@@H](C(N)=O)c1cnc2ccccc2c1N1CCCCC1. The van der Waals surface area contributed by atoms with Crippen molar-refractivity contribution in [2.24, 2.45) is 11.7 Å². The lowest BCUT2D eigenvalue weighted by Crippen LogP contribution is -2.57. The lowest BCUT2D eigenvalue weighted by atomic mass is 9.97. The van der Waals surface area contributed by atoms with Crippen molar-refractivity contribution in [2.75, 3.05) is 24.5 Å². The van der Waals surface area contributed by atoms with Gasteiger partial charge in [-0.25, -0.2) is 0 Å². The number of aromatic nitrogens is 1. The number of hydrogen-bond donors (Lipinski definition) is 3. The summed E-state index contributed by atoms with van der Waals surface area (Å²) in [5.41, 5.74) is 8.15. The third-order valence-electron chi connectivity index (χ3n) is 10.2. The van der Waals surface area contributed by atoms with Gasteiger partial charge in [0.05, 0.1) is 11.2 Å². The molecule has 2 aromatic rings. The molecule has 4 atom stereocenters. The zero-order chi connectivity index (χ0) is 35.3. The molecular weight excluding hydrogens is 620 g/mol. The predicted octanol–water partition coefficient (Wildman–Crippen LogP) is 5.10. The molecule has 11 nitrogen and oxygen atoms in total. The standard InChI is InChI=1S/C38H56N6O5/c1-4-26(3)24-33(46)44-23-15-12-20-32(44)38(49)41-31(19-9-6-8-16-27(45)5-2)37(48)42-34(36(39)47)29-25-40-30-18-11-10-17-28(30)35(29)43-21-13-7-14-22-43/h10-11,17-18,25-26,31-32,34H,4-9,12-16,19-24H2,1-3H3,(H2,39,47)(H,41,49)(H,42,48)/t26-,31+,32-,34-/m1/s1. The highest BCUT2D eigenvalue weighted by atomic mass is 16.2. The van der Waals surface area contributed by atoms with Crippen molar-refractivity contribution in [3.8, 4) is 0 Å². The molecule has 2 aliphatic rings. The van der Waals surface area contributed by atoms with Crippen molar-refractivity contribution >= 4 is 46.0 Å². The van der Waals surface area contributed by atoms with E-state index in [-0.39, 0.29) is 23.5 Å². The van der Waals surface area contributed by atoms with Gasteiger partial charge in [-0.05, 0) is 63.4 Å². The molecule has 2 fully saturated rings. The summed E-state index contributed by atoms with van der Waals surface area (Å²) in [6.07, 6.45) is 11.5. The Balaban J connectivity index is 1.59. The zero-order valence-corrected chi connectivity index (χ0v) is 29.7. The van der Waals surface area contributed by atoms with Gasteiger partial charge < -0.3 is 26.2 Å². The topological polar surface area (TPSA) is 155 Å². The van der Waals surface area contributed by atoms with Crippen molar-refractivity contribution in [2.45, 2.75) is 129 Å². The molecule has 4 N–H and O–H groups in total. The number of Topliss-reactive ketones (excluding diaryl/α,β-unsaturated/α-hetero) is 1. The van der Waals surface area contributed by atoms with Gasteiger partial charge in [-0.1, -0.05) is 58.2 Å². The highest BCUT2D eigenvalue weighted by Crippen LogP contribution is 2.35. The molecule has 0 unspecified atom stereocenters. The maximum atomic E-state index is 14.1. The van der Waals surface area contributed by atoms with E-state index in [1.807, 2.05) is 45.0 Å². The van der Waals surface area contributed by atoms with Crippen molar-refractivity contribution in [3.05, 3.63) is 36.0 Å². The number of fused-ring (bicyclic) bond motifs is 1. The van der Waals surface area contributed by atoms with Crippen molar-refractivity contribution in [1.29, 1.82) is 0 Å². The summed E-state index contributed by atoms with van der Waals surface area (Å²) < 4.78 is 0. The minimum Gasteiger partial charge on any atom is -0.371 e. The first-order chi connectivity index (χ1) is 23.6. The minimum absolute atomic E-state index is 0.0429. The lowest BCUT2D eigenvalue weighted by molar-refractivity contribution is -0.144. The number of piperidine rings is 2. The number of carbonyl (C=O) groups excluding carboxylic acids is 5. The Morgan fingerprint density at radius 3 is 2.39 bits per heavy atom. The van der Waals surface area contributed by atoms with E-state index in [0.29, 0.717) is 63.5 Å².